The molecule has 1 N–H and O–H groups in total. The van der Waals surface area contributed by atoms with Crippen LogP contribution in [0.1, 0.15) is 11.1 Å². The average Bonchev–Trinajstić information content (AvgIpc) is 2.17. The molecule has 0 radical (unpaired) electrons. The first kappa shape index (κ1) is 11.1. The second-order valence-electron chi connectivity index (χ2n) is 3.23. The number of hydrogen-bond donors (Lipinski definition) is 1. The Bertz CT molecular complexity index is 433. The number of nitriles is 1. The van der Waals surface area contributed by atoms with Crippen molar-refractivity contribution < 1.29 is 9.53 Å². The van der Waals surface area contributed by atoms with Gasteiger partial charge in [0.25, 0.3) is 0 Å². The monoisotopic (exact) mass is 204 g/mol. The molecule has 1 aromatic rings. The molecule has 4 heteroatoms. The van der Waals surface area contributed by atoms with E-state index in [1.165, 1.54) is 13.2 Å². The molecule has 0 heterocycles. The number of methoxy groups -OCH3 is 1. The van der Waals surface area contributed by atoms with Gasteiger partial charge in [-0.1, -0.05) is 6.07 Å². The van der Waals surface area contributed by atoms with E-state index in [1.807, 2.05) is 19.9 Å². The van der Waals surface area contributed by atoms with Crippen LogP contribution in [0.15, 0.2) is 12.1 Å². The van der Waals surface area contributed by atoms with Crippen LogP contribution in [0.25, 0.3) is 0 Å². The zero-order valence-corrected chi connectivity index (χ0v) is 8.92. The fraction of sp³-hybridized carbons (Fsp3) is 0.273. The number of amides is 1. The Hall–Kier alpha value is -2.02. The number of carbonyl (C=O) groups excluding carboxylic acids is 1. The molecule has 0 saturated heterocycles. The molecule has 0 fully saturated rings. The zero-order chi connectivity index (χ0) is 11.4. The molecule has 0 unspecified atom stereocenters. The van der Waals surface area contributed by atoms with E-state index in [9.17, 15) is 4.79 Å². The first-order valence-corrected chi connectivity index (χ1v) is 4.44. The maximum atomic E-state index is 10.9. The molecule has 0 atom stereocenters. The molecule has 1 amide bonds. The molecular weight excluding hydrogens is 192 g/mol. The minimum Gasteiger partial charge on any atom is -0.494 e. The molecule has 1 aromatic carbocycles. The van der Waals surface area contributed by atoms with Gasteiger partial charge in [-0.15, -0.1) is 0 Å². The van der Waals surface area contributed by atoms with Crippen molar-refractivity contribution in [2.45, 2.75) is 13.8 Å². The van der Waals surface area contributed by atoms with E-state index in [4.69, 9.17) is 10.00 Å². The Morgan fingerprint density at radius 2 is 2.13 bits per heavy atom. The zero-order valence-electron chi connectivity index (χ0n) is 8.92. The number of rotatable bonds is 2. The molecule has 4 nitrogen and oxygen atoms in total. The standard InChI is InChI=1S/C11H12N2O2/c1-7-4-8(2)11(15-3)9(5-7)13-10(14)6-12/h4-5H,1-3H3,(H,13,14). The Balaban J connectivity index is 3.16. The lowest BCUT2D eigenvalue weighted by molar-refractivity contribution is -0.111. The Kier molecular flexibility index (Phi) is 3.29. The Morgan fingerprint density at radius 1 is 1.47 bits per heavy atom. The summed E-state index contributed by atoms with van der Waals surface area (Å²) in [5.41, 5.74) is 2.45. The largest absolute Gasteiger partial charge is 0.494 e. The van der Waals surface area contributed by atoms with Gasteiger partial charge in [-0.25, -0.2) is 0 Å². The summed E-state index contributed by atoms with van der Waals surface area (Å²) in [6.45, 7) is 3.79. The maximum absolute atomic E-state index is 10.9. The maximum Gasteiger partial charge on any atom is 0.326 e. The smallest absolute Gasteiger partial charge is 0.326 e. The number of ether oxygens (including phenoxy) is 1. The van der Waals surface area contributed by atoms with Crippen LogP contribution in [-0.4, -0.2) is 13.0 Å². The van der Waals surface area contributed by atoms with Crippen molar-refractivity contribution in [2.24, 2.45) is 0 Å². The quantitative estimate of drug-likeness (QED) is 0.747. The average molecular weight is 204 g/mol. The third-order valence-electron chi connectivity index (χ3n) is 1.97. The number of nitrogens with zero attached hydrogens (tertiary/aromatic N) is 1. The van der Waals surface area contributed by atoms with Crippen molar-refractivity contribution in [1.29, 1.82) is 5.26 Å². The number of aryl methyl sites for hydroxylation is 2. The highest BCUT2D eigenvalue weighted by molar-refractivity contribution is 6.03. The molecule has 1 rings (SSSR count). The number of carbonyl (C=O) groups is 1. The summed E-state index contributed by atoms with van der Waals surface area (Å²) in [5.74, 6) is -0.109. The molecular formula is C11H12N2O2. The molecule has 78 valence electrons. The van der Waals surface area contributed by atoms with Crippen LogP contribution in [0, 0.1) is 25.2 Å². The van der Waals surface area contributed by atoms with Gasteiger partial charge in [0.05, 0.1) is 12.8 Å². The van der Waals surface area contributed by atoms with E-state index < -0.39 is 5.91 Å². The predicted octanol–water partition coefficient (Wildman–Crippen LogP) is 1.77. The van der Waals surface area contributed by atoms with Crippen molar-refractivity contribution in [3.05, 3.63) is 23.3 Å². The summed E-state index contributed by atoms with van der Waals surface area (Å²) < 4.78 is 5.15. The third-order valence-corrected chi connectivity index (χ3v) is 1.97. The molecule has 15 heavy (non-hydrogen) atoms. The van der Waals surface area contributed by atoms with Crippen molar-refractivity contribution in [3.63, 3.8) is 0 Å². The van der Waals surface area contributed by atoms with Gasteiger partial charge >= 0.3 is 5.91 Å². The summed E-state index contributed by atoms with van der Waals surface area (Å²) >= 11 is 0. The Morgan fingerprint density at radius 3 is 2.67 bits per heavy atom. The van der Waals surface area contributed by atoms with Crippen molar-refractivity contribution in [3.8, 4) is 11.8 Å². The second-order valence-corrected chi connectivity index (χ2v) is 3.23. The topological polar surface area (TPSA) is 62.1 Å². The van der Waals surface area contributed by atoms with Gasteiger partial charge in [-0.05, 0) is 31.0 Å². The molecule has 0 aliphatic rings. The predicted molar refractivity (Wildman–Crippen MR) is 56.7 cm³/mol. The summed E-state index contributed by atoms with van der Waals surface area (Å²) in [4.78, 5) is 10.9. The lowest BCUT2D eigenvalue weighted by Gasteiger charge is -2.11. The summed E-state index contributed by atoms with van der Waals surface area (Å²) in [6.07, 6.45) is 0. The second kappa shape index (κ2) is 4.47. The van der Waals surface area contributed by atoms with Gasteiger partial charge < -0.3 is 10.1 Å². The minimum absolute atomic E-state index is 0.529. The van der Waals surface area contributed by atoms with Crippen LogP contribution in [0.4, 0.5) is 5.69 Å². The lowest BCUT2D eigenvalue weighted by Crippen LogP contribution is -2.09. The van der Waals surface area contributed by atoms with Gasteiger partial charge in [0, 0.05) is 0 Å². The molecule has 0 aliphatic carbocycles. The summed E-state index contributed by atoms with van der Waals surface area (Å²) in [5, 5.41) is 10.9. The molecule has 0 aromatic heterocycles. The van der Waals surface area contributed by atoms with Gasteiger partial charge in [-0.3, -0.25) is 4.79 Å². The van der Waals surface area contributed by atoms with Crippen LogP contribution >= 0.6 is 0 Å². The van der Waals surface area contributed by atoms with Crippen molar-refractivity contribution in [1.82, 2.24) is 0 Å². The minimum atomic E-state index is -0.696. The number of nitrogens with one attached hydrogen (secondary N) is 1. The molecule has 0 spiro atoms. The third kappa shape index (κ3) is 2.47. The van der Waals surface area contributed by atoms with Crippen LogP contribution < -0.4 is 10.1 Å². The van der Waals surface area contributed by atoms with Gasteiger partial charge in [0.1, 0.15) is 5.75 Å². The molecule has 0 aliphatic heterocycles. The van der Waals surface area contributed by atoms with E-state index in [2.05, 4.69) is 5.32 Å². The first-order chi connectivity index (χ1) is 7.08. The number of benzene rings is 1. The lowest BCUT2D eigenvalue weighted by atomic mass is 10.1. The highest BCUT2D eigenvalue weighted by Gasteiger charge is 2.09. The van der Waals surface area contributed by atoms with Crippen LogP contribution in [-0.2, 0) is 4.79 Å². The van der Waals surface area contributed by atoms with Gasteiger partial charge in [-0.2, -0.15) is 5.26 Å². The van der Waals surface area contributed by atoms with Crippen LogP contribution in [0.3, 0.4) is 0 Å². The van der Waals surface area contributed by atoms with Gasteiger partial charge in [0.2, 0.25) is 0 Å². The van der Waals surface area contributed by atoms with E-state index in [0.29, 0.717) is 11.4 Å². The van der Waals surface area contributed by atoms with Crippen LogP contribution in [0.2, 0.25) is 0 Å². The molecule has 0 saturated carbocycles. The first-order valence-electron chi connectivity index (χ1n) is 4.44. The molecule has 0 bridgehead atoms. The summed E-state index contributed by atoms with van der Waals surface area (Å²) in [7, 11) is 1.53. The fourth-order valence-electron chi connectivity index (χ4n) is 1.47. The number of hydrogen-bond acceptors (Lipinski definition) is 3. The highest BCUT2D eigenvalue weighted by atomic mass is 16.5. The van der Waals surface area contributed by atoms with Gasteiger partial charge in [0.15, 0.2) is 6.07 Å². The highest BCUT2D eigenvalue weighted by Crippen LogP contribution is 2.29. The fourth-order valence-corrected chi connectivity index (χ4v) is 1.47. The van der Waals surface area contributed by atoms with Crippen molar-refractivity contribution in [2.75, 3.05) is 12.4 Å². The number of anilines is 1. The van der Waals surface area contributed by atoms with Crippen molar-refractivity contribution >= 4 is 11.6 Å². The van der Waals surface area contributed by atoms with E-state index in [-0.39, 0.29) is 0 Å². The van der Waals surface area contributed by atoms with E-state index in [1.54, 1.807) is 6.07 Å². The summed E-state index contributed by atoms with van der Waals surface area (Å²) in [6, 6.07) is 5.21. The van der Waals surface area contributed by atoms with Crippen LogP contribution in [0.5, 0.6) is 5.75 Å². The Labute approximate surface area is 88.5 Å². The van der Waals surface area contributed by atoms with E-state index >= 15 is 0 Å². The SMILES string of the molecule is COc1c(C)cc(C)cc1NC(=O)C#N. The normalized spacial score (nSPS) is 9.20. The van der Waals surface area contributed by atoms with E-state index in [0.717, 1.165) is 11.1 Å².